The fourth-order valence-corrected chi connectivity index (χ4v) is 3.67. The number of carbonyl (C=O) groups is 6. The van der Waals surface area contributed by atoms with E-state index in [0.717, 1.165) is 0 Å². The van der Waals surface area contributed by atoms with E-state index in [1.807, 2.05) is 0 Å². The summed E-state index contributed by atoms with van der Waals surface area (Å²) >= 11 is 0. The Morgan fingerprint density at radius 1 is 0.567 bits per heavy atom. The molecule has 0 radical (unpaired) electrons. The average Bonchev–Trinajstić information content (AvgIpc) is 3.23. The summed E-state index contributed by atoms with van der Waals surface area (Å²) in [6.45, 7) is 0. The second kappa shape index (κ2) is 7.47. The van der Waals surface area contributed by atoms with Crippen molar-refractivity contribution in [3.63, 3.8) is 0 Å². The van der Waals surface area contributed by atoms with Gasteiger partial charge in [0.25, 0.3) is 11.6 Å². The molecule has 0 saturated carbocycles. The molecule has 2 aliphatic rings. The number of rotatable bonds is 5. The quantitative estimate of drug-likeness (QED) is 0.312. The maximum absolute atomic E-state index is 12.9. The molecule has 0 unspecified atom stereocenters. The molecule has 8 nitrogen and oxygen atoms in total. The Morgan fingerprint density at radius 3 is 1.23 bits per heavy atom. The third kappa shape index (κ3) is 3.12. The molecule has 30 heavy (non-hydrogen) atoms. The molecule has 2 saturated heterocycles. The summed E-state index contributed by atoms with van der Waals surface area (Å²) in [4.78, 5) is 74.5. The molecular weight excluding hydrogens is 392 g/mol. The summed E-state index contributed by atoms with van der Waals surface area (Å²) in [6, 6.07) is 15.4. The normalized spacial score (nSPS) is 25.7. The molecule has 4 rings (SSSR count). The van der Waals surface area contributed by atoms with Crippen LogP contribution in [-0.2, 0) is 28.7 Å². The highest BCUT2D eigenvalue weighted by Gasteiger charge is 2.60. The van der Waals surface area contributed by atoms with Gasteiger partial charge in [0.15, 0.2) is 23.8 Å². The minimum atomic E-state index is -1.63. The molecule has 0 spiro atoms. The van der Waals surface area contributed by atoms with Crippen LogP contribution < -0.4 is 0 Å². The first-order valence-electron chi connectivity index (χ1n) is 9.08. The molecule has 0 aliphatic carbocycles. The largest absolute Gasteiger partial charge is 0.451 e. The predicted molar refractivity (Wildman–Crippen MR) is 98.3 cm³/mol. The van der Waals surface area contributed by atoms with Crippen LogP contribution in [0.2, 0.25) is 0 Å². The van der Waals surface area contributed by atoms with E-state index in [4.69, 9.17) is 9.47 Å². The number of hydrogen-bond acceptors (Lipinski definition) is 8. The second-order valence-electron chi connectivity index (χ2n) is 6.88. The van der Waals surface area contributed by atoms with Gasteiger partial charge in [-0.1, -0.05) is 60.7 Å². The fourth-order valence-electron chi connectivity index (χ4n) is 3.67. The van der Waals surface area contributed by atoms with E-state index in [1.54, 1.807) is 36.4 Å². The zero-order chi connectivity index (χ0) is 21.4. The van der Waals surface area contributed by atoms with E-state index in [9.17, 15) is 28.8 Å². The van der Waals surface area contributed by atoms with Gasteiger partial charge in [-0.25, -0.2) is 9.59 Å². The number of carbonyl (C=O) groups excluding carboxylic acids is 6. The van der Waals surface area contributed by atoms with Crippen LogP contribution in [0.25, 0.3) is 0 Å². The van der Waals surface area contributed by atoms with Crippen molar-refractivity contribution in [2.45, 2.75) is 12.2 Å². The number of Topliss-reactive ketones (excluding diaryl/α,β-unsaturated/α-hetero) is 4. The lowest BCUT2D eigenvalue weighted by molar-refractivity contribution is -0.157. The van der Waals surface area contributed by atoms with Crippen LogP contribution in [-0.4, -0.2) is 47.3 Å². The summed E-state index contributed by atoms with van der Waals surface area (Å²) in [5.74, 6) is -9.50. The molecule has 8 heteroatoms. The van der Waals surface area contributed by atoms with Crippen molar-refractivity contribution in [3.8, 4) is 0 Å². The molecular formula is C22H14O8. The van der Waals surface area contributed by atoms with Gasteiger partial charge in [0.05, 0.1) is 0 Å². The van der Waals surface area contributed by atoms with Crippen molar-refractivity contribution >= 4 is 35.1 Å². The Labute approximate surface area is 169 Å². The summed E-state index contributed by atoms with van der Waals surface area (Å²) in [5.41, 5.74) is 0.279. The molecule has 2 aromatic carbocycles. The smallest absolute Gasteiger partial charge is 0.376 e. The van der Waals surface area contributed by atoms with Gasteiger partial charge in [-0.2, -0.15) is 0 Å². The molecule has 2 fully saturated rings. The molecule has 0 amide bonds. The Kier molecular flexibility index (Phi) is 4.83. The SMILES string of the molecule is O=C1O[C@H]([C@H]2OC(=O)C(=O)[C@H]2C(=O)c2ccccc2)[C@@H](C(=O)c2ccccc2)C1=O. The summed E-state index contributed by atoms with van der Waals surface area (Å²) in [6.07, 6.45) is -3.16. The molecule has 150 valence electrons. The lowest BCUT2D eigenvalue weighted by atomic mass is 9.81. The van der Waals surface area contributed by atoms with Crippen molar-refractivity contribution in [1.29, 1.82) is 0 Å². The minimum Gasteiger partial charge on any atom is -0.451 e. The molecule has 0 aromatic heterocycles. The second-order valence-corrected chi connectivity index (χ2v) is 6.88. The lowest BCUT2D eigenvalue weighted by Crippen LogP contribution is -2.44. The maximum Gasteiger partial charge on any atom is 0.376 e. The van der Waals surface area contributed by atoms with Crippen molar-refractivity contribution in [1.82, 2.24) is 0 Å². The van der Waals surface area contributed by atoms with Gasteiger partial charge in [0, 0.05) is 11.1 Å². The van der Waals surface area contributed by atoms with Crippen LogP contribution in [0, 0.1) is 11.8 Å². The third-order valence-corrected chi connectivity index (χ3v) is 5.12. The maximum atomic E-state index is 12.9. The zero-order valence-corrected chi connectivity index (χ0v) is 15.3. The van der Waals surface area contributed by atoms with Gasteiger partial charge in [-0.3, -0.25) is 19.2 Å². The van der Waals surface area contributed by atoms with Gasteiger partial charge in [0.1, 0.15) is 11.8 Å². The standard InChI is InChI=1S/C22H14O8/c23-15(11-7-3-1-4-8-11)13-17(25)21(27)29-19(13)20-14(18(26)22(28)30-20)16(24)12-9-5-2-6-10-12/h1-10,13-14,19-20H/t13-,14+,19-,20-/m0/s1. The fraction of sp³-hybridized carbons (Fsp3) is 0.182. The number of hydrogen-bond donors (Lipinski definition) is 0. The van der Waals surface area contributed by atoms with Gasteiger partial charge in [-0.15, -0.1) is 0 Å². The van der Waals surface area contributed by atoms with E-state index in [0.29, 0.717) is 0 Å². The highest BCUT2D eigenvalue weighted by Crippen LogP contribution is 2.35. The molecule has 0 bridgehead atoms. The van der Waals surface area contributed by atoms with Crippen LogP contribution in [0.4, 0.5) is 0 Å². The van der Waals surface area contributed by atoms with Gasteiger partial charge in [-0.05, 0) is 0 Å². The summed E-state index contributed by atoms with van der Waals surface area (Å²) in [7, 11) is 0. The van der Waals surface area contributed by atoms with Crippen LogP contribution in [0.5, 0.6) is 0 Å². The first-order valence-corrected chi connectivity index (χ1v) is 9.08. The van der Waals surface area contributed by atoms with Gasteiger partial charge >= 0.3 is 11.9 Å². The number of esters is 2. The van der Waals surface area contributed by atoms with E-state index in [-0.39, 0.29) is 11.1 Å². The number of cyclic esters (lactones) is 2. The number of benzene rings is 2. The first-order chi connectivity index (χ1) is 14.4. The Hall–Kier alpha value is -3.94. The zero-order valence-electron chi connectivity index (χ0n) is 15.3. The Bertz CT molecular complexity index is 985. The van der Waals surface area contributed by atoms with E-state index >= 15 is 0 Å². The highest BCUT2D eigenvalue weighted by molar-refractivity contribution is 6.43. The summed E-state index contributed by atoms with van der Waals surface area (Å²) < 4.78 is 10.1. The Balaban J connectivity index is 1.72. The molecule has 2 aromatic rings. The van der Waals surface area contributed by atoms with E-state index in [1.165, 1.54) is 24.3 Å². The third-order valence-electron chi connectivity index (χ3n) is 5.12. The van der Waals surface area contributed by atoms with Crippen LogP contribution in [0.3, 0.4) is 0 Å². The number of ether oxygens (including phenoxy) is 2. The lowest BCUT2D eigenvalue weighted by Gasteiger charge is -2.24. The molecule has 4 atom stereocenters. The monoisotopic (exact) mass is 406 g/mol. The first kappa shape index (κ1) is 19.4. The van der Waals surface area contributed by atoms with Crippen LogP contribution in [0.1, 0.15) is 20.7 Å². The molecule has 2 aliphatic heterocycles. The molecule has 2 heterocycles. The summed E-state index contributed by atoms with van der Waals surface area (Å²) in [5, 5.41) is 0. The average molecular weight is 406 g/mol. The van der Waals surface area contributed by atoms with Crippen molar-refractivity contribution in [3.05, 3.63) is 71.8 Å². The minimum absolute atomic E-state index is 0.140. The van der Waals surface area contributed by atoms with Crippen molar-refractivity contribution in [2.24, 2.45) is 11.8 Å². The van der Waals surface area contributed by atoms with Gasteiger partial charge < -0.3 is 9.47 Å². The van der Waals surface area contributed by atoms with Crippen LogP contribution in [0.15, 0.2) is 60.7 Å². The van der Waals surface area contributed by atoms with Crippen molar-refractivity contribution < 1.29 is 38.2 Å². The highest BCUT2D eigenvalue weighted by atomic mass is 16.6. The van der Waals surface area contributed by atoms with Crippen molar-refractivity contribution in [2.75, 3.05) is 0 Å². The topological polar surface area (TPSA) is 121 Å². The van der Waals surface area contributed by atoms with Gasteiger partial charge in [0.2, 0.25) is 0 Å². The van der Waals surface area contributed by atoms with E-state index < -0.39 is 59.1 Å². The Morgan fingerprint density at radius 2 is 0.900 bits per heavy atom. The molecule has 0 N–H and O–H groups in total. The predicted octanol–water partition coefficient (Wildman–Crippen LogP) is 0.974. The van der Waals surface area contributed by atoms with Crippen LogP contribution >= 0.6 is 0 Å². The van der Waals surface area contributed by atoms with E-state index in [2.05, 4.69) is 0 Å². The number of ketones is 4.